The standard InChI is InChI=1S/C18H18ClN3O/c19-18-16-5-1-2-6-17(16)21-22(18)14-7-9-15(10-8-14)23-12-13-4-3-11-20-13/h1-2,5-10,13,20H,3-4,11-12H2/t13-/m1/s1. The second-order valence-electron chi connectivity index (χ2n) is 5.82. The van der Waals surface area contributed by atoms with Gasteiger partial charge >= 0.3 is 0 Å². The van der Waals surface area contributed by atoms with Crippen LogP contribution in [0.25, 0.3) is 16.6 Å². The van der Waals surface area contributed by atoms with Crippen molar-refractivity contribution in [2.45, 2.75) is 18.9 Å². The molecule has 2 heterocycles. The van der Waals surface area contributed by atoms with E-state index in [9.17, 15) is 0 Å². The number of fused-ring (bicyclic) bond motifs is 1. The molecule has 1 N–H and O–H groups in total. The van der Waals surface area contributed by atoms with Crippen LogP contribution in [-0.4, -0.2) is 29.0 Å². The summed E-state index contributed by atoms with van der Waals surface area (Å²) in [7, 11) is 0. The Kier molecular flexibility index (Phi) is 3.93. The van der Waals surface area contributed by atoms with Gasteiger partial charge in [-0.1, -0.05) is 23.7 Å². The lowest BCUT2D eigenvalue weighted by Gasteiger charge is -2.12. The maximum atomic E-state index is 6.44. The van der Waals surface area contributed by atoms with Crippen LogP contribution in [0.5, 0.6) is 5.75 Å². The van der Waals surface area contributed by atoms with Gasteiger partial charge in [-0.3, -0.25) is 0 Å². The van der Waals surface area contributed by atoms with E-state index in [1.54, 1.807) is 4.68 Å². The van der Waals surface area contributed by atoms with Crippen molar-refractivity contribution in [3.63, 3.8) is 0 Å². The summed E-state index contributed by atoms with van der Waals surface area (Å²) in [4.78, 5) is 0. The van der Waals surface area contributed by atoms with Crippen LogP contribution in [0.1, 0.15) is 12.8 Å². The first-order valence-electron chi connectivity index (χ1n) is 7.91. The van der Waals surface area contributed by atoms with Crippen LogP contribution in [0, 0.1) is 0 Å². The van der Waals surface area contributed by atoms with Crippen molar-refractivity contribution in [1.82, 2.24) is 15.1 Å². The van der Waals surface area contributed by atoms with Gasteiger partial charge in [0.25, 0.3) is 0 Å². The molecule has 2 aromatic carbocycles. The highest BCUT2D eigenvalue weighted by Gasteiger charge is 2.14. The third kappa shape index (κ3) is 2.92. The summed E-state index contributed by atoms with van der Waals surface area (Å²) in [6, 6.07) is 16.2. The largest absolute Gasteiger partial charge is 0.492 e. The topological polar surface area (TPSA) is 39.1 Å². The lowest BCUT2D eigenvalue weighted by atomic mass is 10.2. The van der Waals surface area contributed by atoms with E-state index in [-0.39, 0.29) is 0 Å². The third-order valence-corrected chi connectivity index (χ3v) is 4.58. The fourth-order valence-electron chi connectivity index (χ4n) is 2.95. The average molecular weight is 328 g/mol. The van der Waals surface area contributed by atoms with Crippen molar-refractivity contribution in [2.75, 3.05) is 13.2 Å². The summed E-state index contributed by atoms with van der Waals surface area (Å²) in [5.41, 5.74) is 1.82. The number of halogens is 1. The van der Waals surface area contributed by atoms with Crippen LogP contribution in [0.3, 0.4) is 0 Å². The highest BCUT2D eigenvalue weighted by molar-refractivity contribution is 6.34. The van der Waals surface area contributed by atoms with Gasteiger partial charge in [0.1, 0.15) is 17.5 Å². The molecule has 5 heteroatoms. The van der Waals surface area contributed by atoms with E-state index in [2.05, 4.69) is 10.4 Å². The zero-order valence-corrected chi connectivity index (χ0v) is 13.5. The second kappa shape index (κ2) is 6.22. The zero-order chi connectivity index (χ0) is 15.6. The molecule has 1 atom stereocenters. The molecule has 1 aliphatic rings. The van der Waals surface area contributed by atoms with E-state index in [4.69, 9.17) is 16.3 Å². The molecule has 118 valence electrons. The summed E-state index contributed by atoms with van der Waals surface area (Å²) in [6.07, 6.45) is 2.42. The minimum absolute atomic E-state index is 0.473. The number of aromatic nitrogens is 2. The molecule has 4 rings (SSSR count). The van der Waals surface area contributed by atoms with Crippen molar-refractivity contribution >= 4 is 22.5 Å². The van der Waals surface area contributed by atoms with Gasteiger partial charge in [-0.15, -0.1) is 0 Å². The minimum atomic E-state index is 0.473. The molecule has 23 heavy (non-hydrogen) atoms. The van der Waals surface area contributed by atoms with E-state index < -0.39 is 0 Å². The number of hydrogen-bond donors (Lipinski definition) is 1. The molecule has 4 nitrogen and oxygen atoms in total. The molecule has 1 aliphatic heterocycles. The summed E-state index contributed by atoms with van der Waals surface area (Å²) in [5.74, 6) is 0.871. The van der Waals surface area contributed by atoms with Gasteiger partial charge in [-0.2, -0.15) is 5.10 Å². The van der Waals surface area contributed by atoms with E-state index in [1.165, 1.54) is 12.8 Å². The smallest absolute Gasteiger partial charge is 0.140 e. The van der Waals surface area contributed by atoms with E-state index in [0.29, 0.717) is 17.8 Å². The van der Waals surface area contributed by atoms with Crippen molar-refractivity contribution in [3.8, 4) is 11.4 Å². The average Bonchev–Trinajstić information content (AvgIpc) is 3.22. The predicted molar refractivity (Wildman–Crippen MR) is 92.6 cm³/mol. The molecule has 0 saturated carbocycles. The number of nitrogens with one attached hydrogen (secondary N) is 1. The van der Waals surface area contributed by atoms with E-state index in [0.717, 1.165) is 28.9 Å². The van der Waals surface area contributed by atoms with Gasteiger partial charge in [0, 0.05) is 11.4 Å². The van der Waals surface area contributed by atoms with Gasteiger partial charge in [-0.05, 0) is 55.8 Å². The Morgan fingerprint density at radius 2 is 2.00 bits per heavy atom. The Hall–Kier alpha value is -2.04. The van der Waals surface area contributed by atoms with Crippen LogP contribution >= 0.6 is 11.6 Å². The predicted octanol–water partition coefficient (Wildman–Crippen LogP) is 3.81. The highest BCUT2D eigenvalue weighted by atomic mass is 35.5. The first-order chi connectivity index (χ1) is 11.3. The molecule has 0 bridgehead atoms. The SMILES string of the molecule is Clc1c2ccccc2nn1-c1ccc(OC[C@H]2CCCN2)cc1. The maximum absolute atomic E-state index is 6.44. The molecule has 0 amide bonds. The molecule has 1 saturated heterocycles. The van der Waals surface area contributed by atoms with Gasteiger partial charge in [0.05, 0.1) is 11.2 Å². The zero-order valence-electron chi connectivity index (χ0n) is 12.7. The Labute approximate surface area is 140 Å². The normalized spacial score (nSPS) is 17.7. The Balaban J connectivity index is 1.53. The summed E-state index contributed by atoms with van der Waals surface area (Å²) in [5, 5.41) is 9.57. The third-order valence-electron chi connectivity index (χ3n) is 4.21. The molecule has 0 radical (unpaired) electrons. The fourth-order valence-corrected chi connectivity index (χ4v) is 3.25. The lowest BCUT2D eigenvalue weighted by Crippen LogP contribution is -2.28. The number of benzene rings is 2. The van der Waals surface area contributed by atoms with E-state index >= 15 is 0 Å². The number of hydrogen-bond acceptors (Lipinski definition) is 3. The van der Waals surface area contributed by atoms with Gasteiger partial charge in [0.2, 0.25) is 0 Å². The van der Waals surface area contributed by atoms with Crippen LogP contribution in [0.15, 0.2) is 48.5 Å². The van der Waals surface area contributed by atoms with Crippen molar-refractivity contribution in [1.29, 1.82) is 0 Å². The minimum Gasteiger partial charge on any atom is -0.492 e. The molecule has 0 unspecified atom stereocenters. The Morgan fingerprint density at radius 3 is 2.74 bits per heavy atom. The van der Waals surface area contributed by atoms with Crippen LogP contribution in [-0.2, 0) is 0 Å². The first kappa shape index (κ1) is 14.5. The summed E-state index contributed by atoms with van der Waals surface area (Å²) >= 11 is 6.44. The second-order valence-corrected chi connectivity index (χ2v) is 6.18. The monoisotopic (exact) mass is 327 g/mol. The summed E-state index contributed by atoms with van der Waals surface area (Å²) in [6.45, 7) is 1.81. The van der Waals surface area contributed by atoms with Gasteiger partial charge in [-0.25, -0.2) is 4.68 Å². The highest BCUT2D eigenvalue weighted by Crippen LogP contribution is 2.26. The Morgan fingerprint density at radius 1 is 1.17 bits per heavy atom. The number of nitrogens with zero attached hydrogens (tertiary/aromatic N) is 2. The molecule has 1 aromatic heterocycles. The molecular weight excluding hydrogens is 310 g/mol. The van der Waals surface area contributed by atoms with Crippen LogP contribution in [0.4, 0.5) is 0 Å². The quantitative estimate of drug-likeness (QED) is 0.792. The maximum Gasteiger partial charge on any atom is 0.140 e. The molecule has 3 aromatic rings. The molecule has 1 fully saturated rings. The number of rotatable bonds is 4. The molecule has 0 aliphatic carbocycles. The summed E-state index contributed by atoms with van der Waals surface area (Å²) < 4.78 is 7.60. The van der Waals surface area contributed by atoms with Crippen molar-refractivity contribution < 1.29 is 4.74 Å². The van der Waals surface area contributed by atoms with Crippen molar-refractivity contribution in [3.05, 3.63) is 53.7 Å². The van der Waals surface area contributed by atoms with Crippen LogP contribution in [0.2, 0.25) is 5.15 Å². The van der Waals surface area contributed by atoms with Crippen molar-refractivity contribution in [2.24, 2.45) is 0 Å². The van der Waals surface area contributed by atoms with Gasteiger partial charge < -0.3 is 10.1 Å². The fraction of sp³-hybridized carbons (Fsp3) is 0.278. The Bertz CT molecular complexity index is 807. The van der Waals surface area contributed by atoms with E-state index in [1.807, 2.05) is 48.5 Å². The number of ether oxygens (including phenoxy) is 1. The molecule has 0 spiro atoms. The lowest BCUT2D eigenvalue weighted by molar-refractivity contribution is 0.277. The first-order valence-corrected chi connectivity index (χ1v) is 8.29. The molecular formula is C18H18ClN3O. The van der Waals surface area contributed by atoms with Gasteiger partial charge in [0.15, 0.2) is 0 Å². The van der Waals surface area contributed by atoms with Crippen LogP contribution < -0.4 is 10.1 Å².